The van der Waals surface area contributed by atoms with E-state index in [2.05, 4.69) is 15.3 Å². The predicted octanol–water partition coefficient (Wildman–Crippen LogP) is 4.36. The number of Topliss-reactive ketones (excluding diaryl/α,β-unsaturated/α-hetero) is 1. The van der Waals surface area contributed by atoms with E-state index in [1.807, 2.05) is 0 Å². The molecule has 7 nitrogen and oxygen atoms in total. The van der Waals surface area contributed by atoms with E-state index in [9.17, 15) is 31.9 Å². The zero-order valence-electron chi connectivity index (χ0n) is 15.9. The molecule has 12 heteroatoms. The number of ketones is 1. The van der Waals surface area contributed by atoms with Gasteiger partial charge in [0.2, 0.25) is 0 Å². The molecule has 0 unspecified atom stereocenters. The number of hydrogen-bond donors (Lipinski definition) is 4. The van der Waals surface area contributed by atoms with E-state index in [4.69, 9.17) is 9.90 Å². The van der Waals surface area contributed by atoms with Crippen LogP contribution in [-0.2, 0) is 4.79 Å². The summed E-state index contributed by atoms with van der Waals surface area (Å²) in [5.41, 5.74) is 2.59. The first-order valence-corrected chi connectivity index (χ1v) is 8.92. The van der Waals surface area contributed by atoms with Crippen molar-refractivity contribution >= 4 is 17.6 Å². The minimum absolute atomic E-state index is 0.0632. The average molecular weight is 455 g/mol. The normalized spacial score (nSPS) is 13.0. The number of aromatic hydroxyl groups is 1. The van der Waals surface area contributed by atoms with Gasteiger partial charge in [-0.2, -0.15) is 13.2 Å². The number of carbonyl (C=O) groups is 2. The summed E-state index contributed by atoms with van der Waals surface area (Å²) in [6, 6.07) is 7.19. The van der Waals surface area contributed by atoms with Gasteiger partial charge in [-0.25, -0.2) is 13.6 Å². The second-order valence-electron chi connectivity index (χ2n) is 6.59. The molecule has 0 fully saturated rings. The number of hydrogen-bond acceptors (Lipinski definition) is 5. The van der Waals surface area contributed by atoms with E-state index >= 15 is 0 Å². The summed E-state index contributed by atoms with van der Waals surface area (Å²) >= 11 is 0. The van der Waals surface area contributed by atoms with Gasteiger partial charge in [0.25, 0.3) is 0 Å². The number of pyridine rings is 1. The van der Waals surface area contributed by atoms with Crippen molar-refractivity contribution in [1.82, 2.24) is 9.97 Å². The summed E-state index contributed by atoms with van der Waals surface area (Å²) in [5, 5.41) is 19.5. The van der Waals surface area contributed by atoms with Crippen molar-refractivity contribution in [3.63, 3.8) is 0 Å². The number of H-pyrrole nitrogens is 1. The SMILES string of the molecule is O=C(O)C(F)(F)F.O=C1CCNc2[nH]c(-c3ccnc(-c4cc(F)c(O)c(F)c4)c3)cc21. The molecule has 0 amide bonds. The van der Waals surface area contributed by atoms with Crippen molar-refractivity contribution in [3.8, 4) is 28.3 Å². The maximum Gasteiger partial charge on any atom is 0.490 e. The first-order valence-electron chi connectivity index (χ1n) is 8.92. The molecule has 0 atom stereocenters. The Morgan fingerprint density at radius 1 is 1.06 bits per heavy atom. The van der Waals surface area contributed by atoms with E-state index < -0.39 is 29.5 Å². The van der Waals surface area contributed by atoms with Gasteiger partial charge in [0.1, 0.15) is 5.82 Å². The number of halogens is 5. The van der Waals surface area contributed by atoms with Gasteiger partial charge in [0, 0.05) is 36.0 Å². The van der Waals surface area contributed by atoms with Gasteiger partial charge in [0.15, 0.2) is 23.2 Å². The quantitative estimate of drug-likeness (QED) is 0.427. The molecular weight excluding hydrogens is 441 g/mol. The number of carbonyl (C=O) groups excluding carboxylic acids is 1. The monoisotopic (exact) mass is 455 g/mol. The van der Waals surface area contributed by atoms with Crippen LogP contribution in [0.5, 0.6) is 5.75 Å². The number of phenols is 1. The lowest BCUT2D eigenvalue weighted by atomic mass is 10.0. The van der Waals surface area contributed by atoms with Gasteiger partial charge < -0.3 is 20.5 Å². The number of anilines is 1. The number of carboxylic acids is 1. The number of alkyl halides is 3. The van der Waals surface area contributed by atoms with Gasteiger partial charge in [0.05, 0.1) is 11.3 Å². The van der Waals surface area contributed by atoms with Crippen LogP contribution < -0.4 is 5.32 Å². The summed E-state index contributed by atoms with van der Waals surface area (Å²) < 4.78 is 58.9. The fourth-order valence-corrected chi connectivity index (χ4v) is 2.87. The Morgan fingerprint density at radius 3 is 2.25 bits per heavy atom. The molecule has 0 saturated heterocycles. The number of carboxylic acid groups (broad SMARTS) is 1. The van der Waals surface area contributed by atoms with Crippen LogP contribution in [0.4, 0.5) is 27.8 Å². The number of rotatable bonds is 2. The standard InChI is InChI=1S/C18H13F2N3O2.C2HF3O2/c19-12-5-10(6-13(20)17(12)25)14-7-9(1-3-21-14)15-8-11-16(24)2-4-22-18(11)23-15;3-2(4,5)1(6)7/h1,3,5-8,22-23,25H,2,4H2;(H,6,7). The van der Waals surface area contributed by atoms with Gasteiger partial charge in [-0.3, -0.25) is 9.78 Å². The third kappa shape index (κ3) is 4.85. The molecular formula is C20H14F5N3O4. The molecule has 0 saturated carbocycles. The second kappa shape index (κ2) is 8.65. The Bertz CT molecular complexity index is 1170. The number of nitrogens with one attached hydrogen (secondary N) is 2. The first kappa shape index (κ1) is 22.7. The summed E-state index contributed by atoms with van der Waals surface area (Å²) in [6.07, 6.45) is -3.12. The molecule has 4 rings (SSSR count). The first-order chi connectivity index (χ1) is 15.0. The van der Waals surface area contributed by atoms with E-state index in [0.717, 1.165) is 17.7 Å². The number of aromatic amines is 1. The lowest BCUT2D eigenvalue weighted by Gasteiger charge is -2.11. The van der Waals surface area contributed by atoms with E-state index in [1.165, 1.54) is 6.20 Å². The average Bonchev–Trinajstić information content (AvgIpc) is 3.17. The fourth-order valence-electron chi connectivity index (χ4n) is 2.87. The van der Waals surface area contributed by atoms with Crippen LogP contribution in [0.25, 0.3) is 22.5 Å². The molecule has 32 heavy (non-hydrogen) atoms. The second-order valence-corrected chi connectivity index (χ2v) is 6.59. The van der Waals surface area contributed by atoms with E-state index in [-0.39, 0.29) is 11.3 Å². The number of aliphatic carboxylic acids is 1. The van der Waals surface area contributed by atoms with Crippen LogP contribution in [0.3, 0.4) is 0 Å². The number of nitrogens with zero attached hydrogens (tertiary/aromatic N) is 1. The molecule has 1 aromatic carbocycles. The van der Waals surface area contributed by atoms with Crippen molar-refractivity contribution in [2.75, 3.05) is 11.9 Å². The lowest BCUT2D eigenvalue weighted by molar-refractivity contribution is -0.192. The van der Waals surface area contributed by atoms with Crippen molar-refractivity contribution in [1.29, 1.82) is 0 Å². The number of fused-ring (bicyclic) bond motifs is 1. The maximum atomic E-state index is 13.6. The van der Waals surface area contributed by atoms with Crippen molar-refractivity contribution < 1.29 is 41.8 Å². The highest BCUT2D eigenvalue weighted by molar-refractivity contribution is 6.03. The largest absolute Gasteiger partial charge is 0.503 e. The summed E-state index contributed by atoms with van der Waals surface area (Å²) in [4.78, 5) is 28.1. The highest BCUT2D eigenvalue weighted by atomic mass is 19.4. The summed E-state index contributed by atoms with van der Waals surface area (Å²) in [7, 11) is 0. The Morgan fingerprint density at radius 2 is 1.69 bits per heavy atom. The van der Waals surface area contributed by atoms with E-state index in [0.29, 0.717) is 35.7 Å². The Labute approximate surface area is 176 Å². The summed E-state index contributed by atoms with van der Waals surface area (Å²) in [5.74, 6) is -5.13. The molecule has 1 aliphatic heterocycles. The van der Waals surface area contributed by atoms with Gasteiger partial charge >= 0.3 is 12.1 Å². The van der Waals surface area contributed by atoms with Crippen LogP contribution in [0, 0.1) is 11.6 Å². The Balaban J connectivity index is 0.000000360. The molecule has 0 radical (unpaired) electrons. The Kier molecular flexibility index (Phi) is 6.14. The highest BCUT2D eigenvalue weighted by Crippen LogP contribution is 2.31. The molecule has 2 aromatic heterocycles. The van der Waals surface area contributed by atoms with Crippen molar-refractivity contribution in [2.24, 2.45) is 0 Å². The number of phenolic OH excluding ortho intramolecular Hbond substituents is 1. The minimum Gasteiger partial charge on any atom is -0.503 e. The number of aromatic nitrogens is 2. The van der Waals surface area contributed by atoms with Crippen molar-refractivity contribution in [3.05, 3.63) is 53.7 Å². The maximum absolute atomic E-state index is 13.6. The van der Waals surface area contributed by atoms with Crippen LogP contribution in [0.2, 0.25) is 0 Å². The molecule has 1 aliphatic rings. The molecule has 3 heterocycles. The summed E-state index contributed by atoms with van der Waals surface area (Å²) in [6.45, 7) is 0.583. The minimum atomic E-state index is -5.08. The molecule has 0 spiro atoms. The lowest BCUT2D eigenvalue weighted by Crippen LogP contribution is -2.21. The molecule has 3 aromatic rings. The van der Waals surface area contributed by atoms with Gasteiger partial charge in [-0.15, -0.1) is 0 Å². The third-order valence-electron chi connectivity index (χ3n) is 4.40. The van der Waals surface area contributed by atoms with Gasteiger partial charge in [-0.05, 0) is 30.3 Å². The topological polar surface area (TPSA) is 115 Å². The fraction of sp³-hybridized carbons (Fsp3) is 0.150. The third-order valence-corrected chi connectivity index (χ3v) is 4.40. The van der Waals surface area contributed by atoms with Crippen LogP contribution in [0.1, 0.15) is 16.8 Å². The van der Waals surface area contributed by atoms with E-state index in [1.54, 1.807) is 18.2 Å². The predicted molar refractivity (Wildman–Crippen MR) is 102 cm³/mol. The molecule has 4 N–H and O–H groups in total. The molecule has 168 valence electrons. The number of benzene rings is 1. The van der Waals surface area contributed by atoms with Crippen LogP contribution >= 0.6 is 0 Å². The van der Waals surface area contributed by atoms with Crippen molar-refractivity contribution in [2.45, 2.75) is 12.6 Å². The van der Waals surface area contributed by atoms with Crippen LogP contribution in [-0.4, -0.2) is 44.7 Å². The zero-order chi connectivity index (χ0) is 23.6. The molecule has 0 aliphatic carbocycles. The van der Waals surface area contributed by atoms with Gasteiger partial charge in [-0.1, -0.05) is 0 Å². The smallest absolute Gasteiger partial charge is 0.490 e. The zero-order valence-corrected chi connectivity index (χ0v) is 15.9. The van der Waals surface area contributed by atoms with Crippen LogP contribution in [0.15, 0.2) is 36.5 Å². The Hall–Kier alpha value is -3.96. The molecule has 0 bridgehead atoms. The highest BCUT2D eigenvalue weighted by Gasteiger charge is 2.38.